The molecule has 0 fully saturated rings. The van der Waals surface area contributed by atoms with Gasteiger partial charge in [-0.1, -0.05) is 0 Å². The number of nitriles is 1. The van der Waals surface area contributed by atoms with Crippen molar-refractivity contribution in [3.8, 4) is 6.07 Å². The van der Waals surface area contributed by atoms with Crippen LogP contribution < -0.4 is 15.5 Å². The number of benzene rings is 1. The van der Waals surface area contributed by atoms with E-state index in [1.54, 1.807) is 43.1 Å². The average Bonchev–Trinajstić information content (AvgIpc) is 2.45. The molecule has 100 valence electrons. The van der Waals surface area contributed by atoms with Crippen molar-refractivity contribution in [2.24, 2.45) is 0 Å². The number of nitrogens with one attached hydrogen (secondary N) is 2. The highest BCUT2D eigenvalue weighted by molar-refractivity contribution is 5.98. The number of hydrogen-bond donors (Lipinski definition) is 2. The van der Waals surface area contributed by atoms with Crippen LogP contribution in [0.15, 0.2) is 24.3 Å². The SMILES string of the molecule is CNC(=O)NC(=O)C(C)N(C)c1ccc(C#N)cc1. The van der Waals surface area contributed by atoms with Gasteiger partial charge in [0.25, 0.3) is 0 Å². The Morgan fingerprint density at radius 2 is 1.89 bits per heavy atom. The zero-order chi connectivity index (χ0) is 14.4. The number of amides is 3. The van der Waals surface area contributed by atoms with Crippen LogP contribution >= 0.6 is 0 Å². The quantitative estimate of drug-likeness (QED) is 0.843. The Bertz CT molecular complexity index is 504. The first-order chi connectivity index (χ1) is 8.99. The van der Waals surface area contributed by atoms with Crippen molar-refractivity contribution in [1.82, 2.24) is 10.6 Å². The Hall–Kier alpha value is -2.55. The summed E-state index contributed by atoms with van der Waals surface area (Å²) in [7, 11) is 3.19. The number of imide groups is 1. The smallest absolute Gasteiger partial charge is 0.321 e. The normalized spacial score (nSPS) is 11.1. The second kappa shape index (κ2) is 6.40. The maximum Gasteiger partial charge on any atom is 0.321 e. The maximum absolute atomic E-state index is 11.8. The summed E-state index contributed by atoms with van der Waals surface area (Å²) in [6, 6.07) is 7.84. The zero-order valence-corrected chi connectivity index (χ0v) is 11.1. The van der Waals surface area contributed by atoms with Crippen molar-refractivity contribution in [2.45, 2.75) is 13.0 Å². The molecule has 0 saturated carbocycles. The largest absolute Gasteiger partial charge is 0.363 e. The molecule has 0 spiro atoms. The van der Waals surface area contributed by atoms with Crippen LogP contribution in [0.1, 0.15) is 12.5 Å². The molecule has 0 heterocycles. The molecule has 1 rings (SSSR count). The Balaban J connectivity index is 2.75. The highest BCUT2D eigenvalue weighted by Gasteiger charge is 2.19. The van der Waals surface area contributed by atoms with Gasteiger partial charge in [-0.15, -0.1) is 0 Å². The van der Waals surface area contributed by atoms with Gasteiger partial charge in [0.2, 0.25) is 5.91 Å². The monoisotopic (exact) mass is 260 g/mol. The molecular formula is C13H16N4O2. The summed E-state index contributed by atoms with van der Waals surface area (Å²) in [4.78, 5) is 24.6. The van der Waals surface area contributed by atoms with Gasteiger partial charge in [0, 0.05) is 19.8 Å². The zero-order valence-electron chi connectivity index (χ0n) is 11.1. The molecule has 6 heteroatoms. The second-order valence-corrected chi connectivity index (χ2v) is 4.01. The lowest BCUT2D eigenvalue weighted by molar-refractivity contribution is -0.120. The van der Waals surface area contributed by atoms with E-state index in [0.717, 1.165) is 5.69 Å². The van der Waals surface area contributed by atoms with Crippen LogP contribution in [0.3, 0.4) is 0 Å². The number of rotatable bonds is 3. The lowest BCUT2D eigenvalue weighted by Gasteiger charge is -2.25. The van der Waals surface area contributed by atoms with Gasteiger partial charge in [-0.05, 0) is 31.2 Å². The maximum atomic E-state index is 11.8. The predicted octanol–water partition coefficient (Wildman–Crippen LogP) is 0.839. The minimum atomic E-state index is -0.537. The van der Waals surface area contributed by atoms with E-state index in [0.29, 0.717) is 5.56 Å². The fraction of sp³-hybridized carbons (Fsp3) is 0.308. The third-order valence-electron chi connectivity index (χ3n) is 2.83. The van der Waals surface area contributed by atoms with Crippen LogP contribution in [0.2, 0.25) is 0 Å². The fourth-order valence-corrected chi connectivity index (χ4v) is 1.45. The van der Waals surface area contributed by atoms with Crippen LogP contribution in [0, 0.1) is 11.3 Å². The molecule has 1 aromatic carbocycles. The Kier molecular flexibility index (Phi) is 4.89. The summed E-state index contributed by atoms with van der Waals surface area (Å²) in [5.74, 6) is -0.397. The average molecular weight is 260 g/mol. The van der Waals surface area contributed by atoms with E-state index in [9.17, 15) is 9.59 Å². The molecule has 1 aromatic rings. The topological polar surface area (TPSA) is 85.2 Å². The molecule has 3 amide bonds. The first kappa shape index (κ1) is 14.5. The Labute approximate surface area is 112 Å². The molecule has 0 aliphatic carbocycles. The number of urea groups is 1. The summed E-state index contributed by atoms with van der Waals surface area (Å²) < 4.78 is 0. The van der Waals surface area contributed by atoms with Gasteiger partial charge in [-0.2, -0.15) is 5.26 Å². The number of carbonyl (C=O) groups excluding carboxylic acids is 2. The number of hydrogen-bond acceptors (Lipinski definition) is 4. The van der Waals surface area contributed by atoms with E-state index < -0.39 is 18.0 Å². The molecule has 6 nitrogen and oxygen atoms in total. The molecule has 0 aliphatic heterocycles. The molecule has 1 atom stereocenters. The van der Waals surface area contributed by atoms with Crippen LogP contribution in [0.4, 0.5) is 10.5 Å². The van der Waals surface area contributed by atoms with E-state index in [1.807, 2.05) is 6.07 Å². The fourth-order valence-electron chi connectivity index (χ4n) is 1.45. The molecule has 19 heavy (non-hydrogen) atoms. The first-order valence-corrected chi connectivity index (χ1v) is 5.75. The summed E-state index contributed by atoms with van der Waals surface area (Å²) in [5.41, 5.74) is 1.35. The van der Waals surface area contributed by atoms with Crippen molar-refractivity contribution in [1.29, 1.82) is 5.26 Å². The summed E-state index contributed by atoms with van der Waals surface area (Å²) in [5, 5.41) is 13.3. The third-order valence-corrected chi connectivity index (χ3v) is 2.83. The van der Waals surface area contributed by atoms with Crippen molar-refractivity contribution < 1.29 is 9.59 Å². The van der Waals surface area contributed by atoms with E-state index in [1.165, 1.54) is 7.05 Å². The molecule has 2 N–H and O–H groups in total. The minimum absolute atomic E-state index is 0.397. The van der Waals surface area contributed by atoms with Gasteiger partial charge in [-0.25, -0.2) is 4.79 Å². The Morgan fingerprint density at radius 1 is 1.32 bits per heavy atom. The van der Waals surface area contributed by atoms with Crippen molar-refractivity contribution in [3.63, 3.8) is 0 Å². The highest BCUT2D eigenvalue weighted by atomic mass is 16.2. The van der Waals surface area contributed by atoms with Crippen LogP contribution in [-0.4, -0.2) is 32.1 Å². The van der Waals surface area contributed by atoms with E-state index in [-0.39, 0.29) is 0 Å². The molecule has 0 aliphatic rings. The van der Waals surface area contributed by atoms with Crippen LogP contribution in [0.25, 0.3) is 0 Å². The minimum Gasteiger partial charge on any atom is -0.363 e. The number of anilines is 1. The standard InChI is InChI=1S/C13H16N4O2/c1-9(12(18)16-13(19)15-2)17(3)11-6-4-10(8-14)5-7-11/h4-7,9H,1-3H3,(H2,15,16,18,19). The number of nitrogens with zero attached hydrogens (tertiary/aromatic N) is 2. The van der Waals surface area contributed by atoms with Gasteiger partial charge in [0.05, 0.1) is 11.6 Å². The van der Waals surface area contributed by atoms with Gasteiger partial charge in [0.15, 0.2) is 0 Å². The number of carbonyl (C=O) groups is 2. The summed E-state index contributed by atoms with van der Waals surface area (Å²) in [6.45, 7) is 1.69. The van der Waals surface area contributed by atoms with E-state index >= 15 is 0 Å². The van der Waals surface area contributed by atoms with Crippen LogP contribution in [-0.2, 0) is 4.79 Å². The molecule has 0 radical (unpaired) electrons. The van der Waals surface area contributed by atoms with E-state index in [2.05, 4.69) is 10.6 Å². The van der Waals surface area contributed by atoms with E-state index in [4.69, 9.17) is 5.26 Å². The number of likely N-dealkylation sites (N-methyl/N-ethyl adjacent to an activating group) is 1. The lowest BCUT2D eigenvalue weighted by Crippen LogP contribution is -2.48. The third kappa shape index (κ3) is 3.71. The highest BCUT2D eigenvalue weighted by Crippen LogP contribution is 2.15. The first-order valence-electron chi connectivity index (χ1n) is 5.75. The van der Waals surface area contributed by atoms with Crippen molar-refractivity contribution >= 4 is 17.6 Å². The molecular weight excluding hydrogens is 244 g/mol. The summed E-state index contributed by atoms with van der Waals surface area (Å²) >= 11 is 0. The van der Waals surface area contributed by atoms with Gasteiger partial charge >= 0.3 is 6.03 Å². The second-order valence-electron chi connectivity index (χ2n) is 4.01. The molecule has 1 unspecified atom stereocenters. The Morgan fingerprint density at radius 3 is 2.37 bits per heavy atom. The molecule has 0 bridgehead atoms. The van der Waals surface area contributed by atoms with Gasteiger partial charge in [-0.3, -0.25) is 10.1 Å². The van der Waals surface area contributed by atoms with Crippen molar-refractivity contribution in [2.75, 3.05) is 19.0 Å². The van der Waals surface area contributed by atoms with Crippen molar-refractivity contribution in [3.05, 3.63) is 29.8 Å². The van der Waals surface area contributed by atoms with Crippen LogP contribution in [0.5, 0.6) is 0 Å². The lowest BCUT2D eigenvalue weighted by atomic mass is 10.2. The molecule has 0 saturated heterocycles. The van der Waals surface area contributed by atoms with Gasteiger partial charge < -0.3 is 10.2 Å². The summed E-state index contributed by atoms with van der Waals surface area (Å²) in [6.07, 6.45) is 0. The predicted molar refractivity (Wildman–Crippen MR) is 71.6 cm³/mol. The molecule has 0 aromatic heterocycles. The van der Waals surface area contributed by atoms with Gasteiger partial charge in [0.1, 0.15) is 6.04 Å².